The topological polar surface area (TPSA) is 78.0 Å². The maximum atomic E-state index is 13.0. The van der Waals surface area contributed by atoms with E-state index in [1.54, 1.807) is 18.7 Å². The van der Waals surface area contributed by atoms with Crippen molar-refractivity contribution in [2.75, 3.05) is 13.1 Å². The number of carbonyl (C=O) groups excluding carboxylic acids is 4. The number of rotatable bonds is 8. The van der Waals surface area contributed by atoms with E-state index >= 15 is 0 Å². The molecule has 1 aliphatic heterocycles. The second-order valence-corrected chi connectivity index (χ2v) is 8.11. The third-order valence-electron chi connectivity index (χ3n) is 4.69. The summed E-state index contributed by atoms with van der Waals surface area (Å²) in [6, 6.07) is 12.4. The van der Waals surface area contributed by atoms with Crippen molar-refractivity contribution in [3.63, 3.8) is 0 Å². The SMILES string of the molecule is CC(C)N1C(=O)C(=O)N(CC(=O)N(CCc2ccccc2)Cc2cccs2)C1=O. The van der Waals surface area contributed by atoms with E-state index in [0.29, 0.717) is 19.5 Å². The average molecular weight is 413 g/mol. The van der Waals surface area contributed by atoms with E-state index in [1.165, 1.54) is 11.3 Å². The molecule has 0 spiro atoms. The molecular formula is C21H23N3O4S. The van der Waals surface area contributed by atoms with Gasteiger partial charge in [-0.05, 0) is 37.3 Å². The van der Waals surface area contributed by atoms with Gasteiger partial charge in [0.1, 0.15) is 6.54 Å². The number of hydrogen-bond acceptors (Lipinski definition) is 5. The minimum Gasteiger partial charge on any atom is -0.336 e. The maximum absolute atomic E-state index is 13.0. The van der Waals surface area contributed by atoms with Crippen LogP contribution in [0.4, 0.5) is 4.79 Å². The van der Waals surface area contributed by atoms with Gasteiger partial charge < -0.3 is 4.90 Å². The van der Waals surface area contributed by atoms with E-state index in [-0.39, 0.29) is 5.91 Å². The molecule has 2 aromatic rings. The number of hydrogen-bond donors (Lipinski definition) is 0. The highest BCUT2D eigenvalue weighted by atomic mass is 32.1. The molecule has 0 N–H and O–H groups in total. The van der Waals surface area contributed by atoms with Crippen molar-refractivity contribution < 1.29 is 19.2 Å². The first kappa shape index (κ1) is 20.7. The van der Waals surface area contributed by atoms with Gasteiger partial charge in [-0.25, -0.2) is 9.69 Å². The van der Waals surface area contributed by atoms with Crippen molar-refractivity contribution in [1.29, 1.82) is 0 Å². The number of imide groups is 2. The molecule has 0 aliphatic carbocycles. The molecule has 1 fully saturated rings. The van der Waals surface area contributed by atoms with Crippen LogP contribution in [-0.4, -0.2) is 57.6 Å². The van der Waals surface area contributed by atoms with Gasteiger partial charge in [0.25, 0.3) is 0 Å². The van der Waals surface area contributed by atoms with Crippen LogP contribution >= 0.6 is 11.3 Å². The van der Waals surface area contributed by atoms with Crippen molar-refractivity contribution >= 4 is 35.1 Å². The predicted molar refractivity (Wildman–Crippen MR) is 109 cm³/mol. The summed E-state index contributed by atoms with van der Waals surface area (Å²) < 4.78 is 0. The molecule has 0 radical (unpaired) electrons. The number of amides is 5. The summed E-state index contributed by atoms with van der Waals surface area (Å²) in [4.78, 5) is 54.0. The van der Waals surface area contributed by atoms with Crippen molar-refractivity contribution in [3.05, 3.63) is 58.3 Å². The zero-order chi connectivity index (χ0) is 21.0. The minimum atomic E-state index is -0.948. The fourth-order valence-corrected chi connectivity index (χ4v) is 3.86. The Kier molecular flexibility index (Phi) is 6.43. The Hall–Kier alpha value is -3.00. The molecule has 3 rings (SSSR count). The number of urea groups is 1. The van der Waals surface area contributed by atoms with Gasteiger partial charge >= 0.3 is 17.8 Å². The largest absolute Gasteiger partial charge is 0.336 e. The molecule has 1 saturated heterocycles. The highest BCUT2D eigenvalue weighted by Crippen LogP contribution is 2.17. The number of nitrogens with zero attached hydrogens (tertiary/aromatic N) is 3. The first-order valence-corrected chi connectivity index (χ1v) is 10.3. The standard InChI is InChI=1S/C21H23N3O4S/c1-15(2)24-20(27)19(26)23(21(24)28)14-18(25)22(13-17-9-6-12-29-17)11-10-16-7-4-3-5-8-16/h3-9,12,15H,10-11,13-14H2,1-2H3. The first-order chi connectivity index (χ1) is 13.9. The Bertz CT molecular complexity index is 896. The summed E-state index contributed by atoms with van der Waals surface area (Å²) in [6.07, 6.45) is 0.650. The van der Waals surface area contributed by atoms with Crippen LogP contribution in [0.1, 0.15) is 24.3 Å². The zero-order valence-corrected chi connectivity index (χ0v) is 17.2. The molecular weight excluding hydrogens is 390 g/mol. The molecule has 0 atom stereocenters. The van der Waals surface area contributed by atoms with Crippen molar-refractivity contribution in [2.45, 2.75) is 32.9 Å². The van der Waals surface area contributed by atoms with Gasteiger partial charge in [-0.3, -0.25) is 19.3 Å². The van der Waals surface area contributed by atoms with Crippen LogP contribution in [0.25, 0.3) is 0 Å². The Labute approximate surface area is 173 Å². The molecule has 5 amide bonds. The molecule has 8 heteroatoms. The van der Waals surface area contributed by atoms with Crippen LogP contribution in [0.5, 0.6) is 0 Å². The molecule has 0 bridgehead atoms. The monoisotopic (exact) mass is 413 g/mol. The molecule has 152 valence electrons. The average Bonchev–Trinajstić information content (AvgIpc) is 3.28. The Morgan fingerprint density at radius 2 is 1.76 bits per heavy atom. The Morgan fingerprint density at radius 3 is 2.34 bits per heavy atom. The second kappa shape index (κ2) is 9.00. The highest BCUT2D eigenvalue weighted by Gasteiger charge is 2.46. The van der Waals surface area contributed by atoms with Gasteiger partial charge in [0.05, 0.1) is 6.54 Å². The van der Waals surface area contributed by atoms with Gasteiger partial charge in [0, 0.05) is 17.5 Å². The van der Waals surface area contributed by atoms with Gasteiger partial charge in [0.2, 0.25) is 5.91 Å². The van der Waals surface area contributed by atoms with Crippen molar-refractivity contribution in [1.82, 2.24) is 14.7 Å². The van der Waals surface area contributed by atoms with Crippen LogP contribution in [0.2, 0.25) is 0 Å². The lowest BCUT2D eigenvalue weighted by molar-refractivity contribution is -0.145. The van der Waals surface area contributed by atoms with Crippen LogP contribution in [0.15, 0.2) is 47.8 Å². The van der Waals surface area contributed by atoms with Crippen LogP contribution < -0.4 is 0 Å². The zero-order valence-electron chi connectivity index (χ0n) is 16.4. The molecule has 2 heterocycles. The van der Waals surface area contributed by atoms with Crippen LogP contribution in [0.3, 0.4) is 0 Å². The summed E-state index contributed by atoms with van der Waals surface area (Å²) in [5.41, 5.74) is 1.09. The van der Waals surface area contributed by atoms with E-state index < -0.39 is 30.4 Å². The smallest absolute Gasteiger partial charge is 0.334 e. The third-order valence-corrected chi connectivity index (χ3v) is 5.55. The van der Waals surface area contributed by atoms with Gasteiger partial charge in [0.15, 0.2) is 0 Å². The van der Waals surface area contributed by atoms with E-state index in [0.717, 1.165) is 20.2 Å². The van der Waals surface area contributed by atoms with E-state index in [9.17, 15) is 19.2 Å². The summed E-state index contributed by atoms with van der Waals surface area (Å²) in [7, 11) is 0. The second-order valence-electron chi connectivity index (χ2n) is 7.07. The molecule has 7 nitrogen and oxygen atoms in total. The fraction of sp³-hybridized carbons (Fsp3) is 0.333. The van der Waals surface area contributed by atoms with E-state index in [2.05, 4.69) is 0 Å². The number of thiophene rings is 1. The predicted octanol–water partition coefficient (Wildman–Crippen LogP) is 2.52. The molecule has 1 aliphatic rings. The Morgan fingerprint density at radius 1 is 1.03 bits per heavy atom. The van der Waals surface area contributed by atoms with Crippen molar-refractivity contribution in [3.8, 4) is 0 Å². The molecule has 1 aromatic heterocycles. The molecule has 0 saturated carbocycles. The van der Waals surface area contributed by atoms with Gasteiger partial charge in [-0.15, -0.1) is 11.3 Å². The van der Waals surface area contributed by atoms with E-state index in [1.807, 2.05) is 47.8 Å². The quantitative estimate of drug-likeness (QED) is 0.492. The van der Waals surface area contributed by atoms with Gasteiger partial charge in [-0.1, -0.05) is 36.4 Å². The minimum absolute atomic E-state index is 0.366. The fourth-order valence-electron chi connectivity index (χ4n) is 3.14. The summed E-state index contributed by atoms with van der Waals surface area (Å²) in [5, 5.41) is 1.93. The first-order valence-electron chi connectivity index (χ1n) is 9.41. The molecule has 0 unspecified atom stereocenters. The lowest BCUT2D eigenvalue weighted by atomic mass is 10.1. The Balaban J connectivity index is 1.72. The number of carbonyl (C=O) groups is 4. The molecule has 29 heavy (non-hydrogen) atoms. The lowest BCUT2D eigenvalue weighted by Crippen LogP contribution is -2.44. The summed E-state index contributed by atoms with van der Waals surface area (Å²) in [6.45, 7) is 3.70. The normalized spacial score (nSPS) is 14.2. The highest BCUT2D eigenvalue weighted by molar-refractivity contribution is 7.09. The van der Waals surface area contributed by atoms with Gasteiger partial charge in [-0.2, -0.15) is 0 Å². The van der Waals surface area contributed by atoms with Crippen LogP contribution in [-0.2, 0) is 27.3 Å². The lowest BCUT2D eigenvalue weighted by Gasteiger charge is -2.24. The van der Waals surface area contributed by atoms with Crippen molar-refractivity contribution in [2.24, 2.45) is 0 Å². The van der Waals surface area contributed by atoms with Crippen LogP contribution in [0, 0.1) is 0 Å². The maximum Gasteiger partial charge on any atom is 0.334 e. The van der Waals surface area contributed by atoms with E-state index in [4.69, 9.17) is 0 Å². The number of benzene rings is 1. The summed E-state index contributed by atoms with van der Waals surface area (Å²) in [5.74, 6) is -2.20. The third kappa shape index (κ3) is 4.71. The molecule has 1 aromatic carbocycles. The summed E-state index contributed by atoms with van der Waals surface area (Å²) >= 11 is 1.54.